The Morgan fingerprint density at radius 3 is 2.89 bits per heavy atom. The van der Waals surface area contributed by atoms with Crippen LogP contribution in [0.4, 0.5) is 4.39 Å². The first kappa shape index (κ1) is 14.0. The lowest BCUT2D eigenvalue weighted by molar-refractivity contribution is 0.386. The maximum atomic E-state index is 13.7. The van der Waals surface area contributed by atoms with Gasteiger partial charge in [0.1, 0.15) is 0 Å². The molecule has 1 aromatic heterocycles. The van der Waals surface area contributed by atoms with Crippen LogP contribution < -0.4 is 10.1 Å². The number of nitrogens with one attached hydrogen (secondary N) is 1. The van der Waals surface area contributed by atoms with Gasteiger partial charge in [0.05, 0.1) is 12.6 Å². The predicted molar refractivity (Wildman–Crippen MR) is 75.2 cm³/mol. The lowest BCUT2D eigenvalue weighted by Crippen LogP contribution is -2.22. The number of aromatic nitrogens is 1. The summed E-state index contributed by atoms with van der Waals surface area (Å²) in [6.45, 7) is 2.92. The third kappa shape index (κ3) is 3.52. The fraction of sp³-hybridized carbons (Fsp3) is 0.357. The summed E-state index contributed by atoms with van der Waals surface area (Å²) in [7, 11) is 1.47. The molecule has 0 aliphatic heterocycles. The molecule has 0 spiro atoms. The summed E-state index contributed by atoms with van der Waals surface area (Å²) in [6, 6.07) is 5.27. The van der Waals surface area contributed by atoms with Crippen LogP contribution in [-0.2, 0) is 6.42 Å². The van der Waals surface area contributed by atoms with Gasteiger partial charge in [0.2, 0.25) is 0 Å². The maximum absolute atomic E-state index is 13.7. The van der Waals surface area contributed by atoms with Crippen LogP contribution >= 0.6 is 11.3 Å². The van der Waals surface area contributed by atoms with Crippen LogP contribution in [0.5, 0.6) is 5.75 Å². The Morgan fingerprint density at radius 2 is 2.32 bits per heavy atom. The summed E-state index contributed by atoms with van der Waals surface area (Å²) in [5, 5.41) is 3.40. The van der Waals surface area contributed by atoms with E-state index < -0.39 is 0 Å². The first-order valence-corrected chi connectivity index (χ1v) is 7.06. The molecule has 5 heteroatoms. The molecule has 1 aromatic carbocycles. The second kappa shape index (κ2) is 6.63. The standard InChI is InChI=1S/C14H17FN2OS/c1-3-17-12(14-8-16-9-19-14)7-10-4-5-13(18-2)11(15)6-10/h4-6,8-9,12,17H,3,7H2,1-2H3. The average molecular weight is 280 g/mol. The van der Waals surface area contributed by atoms with E-state index in [4.69, 9.17) is 4.74 Å². The fourth-order valence-corrected chi connectivity index (χ4v) is 2.69. The number of methoxy groups -OCH3 is 1. The van der Waals surface area contributed by atoms with Gasteiger partial charge in [-0.25, -0.2) is 4.39 Å². The number of hydrogen-bond donors (Lipinski definition) is 1. The topological polar surface area (TPSA) is 34.1 Å². The zero-order valence-electron chi connectivity index (χ0n) is 11.0. The summed E-state index contributed by atoms with van der Waals surface area (Å²) in [4.78, 5) is 5.26. The van der Waals surface area contributed by atoms with Crippen LogP contribution in [0.25, 0.3) is 0 Å². The molecule has 0 bridgehead atoms. The zero-order chi connectivity index (χ0) is 13.7. The molecular formula is C14H17FN2OS. The van der Waals surface area contributed by atoms with E-state index in [0.29, 0.717) is 0 Å². The molecule has 3 nitrogen and oxygen atoms in total. The molecule has 0 aliphatic rings. The second-order valence-corrected chi connectivity index (χ2v) is 5.11. The van der Waals surface area contributed by atoms with E-state index in [1.807, 2.05) is 17.8 Å². The number of benzene rings is 1. The van der Waals surface area contributed by atoms with Crippen molar-refractivity contribution in [1.82, 2.24) is 10.3 Å². The fourth-order valence-electron chi connectivity index (χ4n) is 1.99. The van der Waals surface area contributed by atoms with Gasteiger partial charge >= 0.3 is 0 Å². The van der Waals surface area contributed by atoms with Crippen molar-refractivity contribution in [3.05, 3.63) is 46.2 Å². The van der Waals surface area contributed by atoms with Crippen LogP contribution in [0, 0.1) is 5.82 Å². The van der Waals surface area contributed by atoms with Crippen molar-refractivity contribution in [2.75, 3.05) is 13.7 Å². The third-order valence-electron chi connectivity index (χ3n) is 2.90. The highest BCUT2D eigenvalue weighted by Gasteiger charge is 2.14. The summed E-state index contributed by atoms with van der Waals surface area (Å²) < 4.78 is 18.6. The van der Waals surface area contributed by atoms with Gasteiger partial charge in [-0.15, -0.1) is 11.3 Å². The summed E-state index contributed by atoms with van der Waals surface area (Å²) >= 11 is 1.61. The first-order valence-electron chi connectivity index (χ1n) is 6.18. The van der Waals surface area contributed by atoms with Gasteiger partial charge in [-0.05, 0) is 30.7 Å². The monoisotopic (exact) mass is 280 g/mol. The lowest BCUT2D eigenvalue weighted by atomic mass is 10.0. The molecule has 0 saturated carbocycles. The Kier molecular flexibility index (Phi) is 4.87. The number of thiazole rings is 1. The smallest absolute Gasteiger partial charge is 0.165 e. The van der Waals surface area contributed by atoms with Crippen molar-refractivity contribution in [2.45, 2.75) is 19.4 Å². The Labute approximate surface area is 116 Å². The molecule has 0 radical (unpaired) electrons. The summed E-state index contributed by atoms with van der Waals surface area (Å²) in [5.74, 6) is -0.0407. The van der Waals surface area contributed by atoms with Crippen molar-refractivity contribution in [3.8, 4) is 5.75 Å². The minimum absolute atomic E-state index is 0.172. The van der Waals surface area contributed by atoms with Gasteiger partial charge in [0.15, 0.2) is 11.6 Å². The molecule has 19 heavy (non-hydrogen) atoms. The van der Waals surface area contributed by atoms with Gasteiger partial charge < -0.3 is 10.1 Å². The van der Waals surface area contributed by atoms with Gasteiger partial charge in [-0.3, -0.25) is 4.98 Å². The van der Waals surface area contributed by atoms with E-state index >= 15 is 0 Å². The minimum Gasteiger partial charge on any atom is -0.494 e. The lowest BCUT2D eigenvalue weighted by Gasteiger charge is -2.16. The number of hydrogen-bond acceptors (Lipinski definition) is 4. The van der Waals surface area contributed by atoms with Crippen molar-refractivity contribution in [3.63, 3.8) is 0 Å². The van der Waals surface area contributed by atoms with Crippen LogP contribution in [-0.4, -0.2) is 18.6 Å². The van der Waals surface area contributed by atoms with E-state index in [1.165, 1.54) is 13.2 Å². The van der Waals surface area contributed by atoms with E-state index in [1.54, 1.807) is 17.4 Å². The van der Waals surface area contributed by atoms with Gasteiger partial charge in [0, 0.05) is 17.1 Å². The summed E-state index contributed by atoms with van der Waals surface area (Å²) in [6.07, 6.45) is 2.59. The van der Waals surface area contributed by atoms with E-state index in [0.717, 1.165) is 23.4 Å². The highest BCUT2D eigenvalue weighted by atomic mass is 32.1. The van der Waals surface area contributed by atoms with Gasteiger partial charge in [0.25, 0.3) is 0 Å². The van der Waals surface area contributed by atoms with Crippen molar-refractivity contribution in [2.24, 2.45) is 0 Å². The number of halogens is 1. The maximum Gasteiger partial charge on any atom is 0.165 e. The molecule has 1 N–H and O–H groups in total. The first-order chi connectivity index (χ1) is 9.24. The Morgan fingerprint density at radius 1 is 1.47 bits per heavy atom. The van der Waals surface area contributed by atoms with Gasteiger partial charge in [-0.1, -0.05) is 13.0 Å². The van der Waals surface area contributed by atoms with Crippen molar-refractivity contribution < 1.29 is 9.13 Å². The molecule has 1 atom stereocenters. The summed E-state index contributed by atoms with van der Waals surface area (Å²) in [5.41, 5.74) is 2.76. The average Bonchev–Trinajstić information content (AvgIpc) is 2.92. The molecule has 0 fully saturated rings. The van der Waals surface area contributed by atoms with Gasteiger partial charge in [-0.2, -0.15) is 0 Å². The molecular weight excluding hydrogens is 263 g/mol. The molecule has 0 saturated heterocycles. The molecule has 0 amide bonds. The van der Waals surface area contributed by atoms with E-state index in [2.05, 4.69) is 17.2 Å². The molecule has 1 heterocycles. The molecule has 1 unspecified atom stereocenters. The van der Waals surface area contributed by atoms with Crippen LogP contribution in [0.2, 0.25) is 0 Å². The number of likely N-dealkylation sites (N-methyl/N-ethyl adjacent to an activating group) is 1. The molecule has 2 rings (SSSR count). The molecule has 0 aliphatic carbocycles. The Balaban J connectivity index is 2.15. The zero-order valence-corrected chi connectivity index (χ0v) is 11.8. The second-order valence-electron chi connectivity index (χ2n) is 4.19. The number of nitrogens with zero attached hydrogens (tertiary/aromatic N) is 1. The van der Waals surface area contributed by atoms with E-state index in [9.17, 15) is 4.39 Å². The highest BCUT2D eigenvalue weighted by molar-refractivity contribution is 7.09. The molecule has 102 valence electrons. The Hall–Kier alpha value is -1.46. The number of rotatable bonds is 6. The quantitative estimate of drug-likeness (QED) is 0.882. The third-order valence-corrected chi connectivity index (χ3v) is 3.79. The number of ether oxygens (including phenoxy) is 1. The van der Waals surface area contributed by atoms with E-state index in [-0.39, 0.29) is 17.6 Å². The predicted octanol–water partition coefficient (Wildman–Crippen LogP) is 3.18. The van der Waals surface area contributed by atoms with Crippen LogP contribution in [0.3, 0.4) is 0 Å². The largest absolute Gasteiger partial charge is 0.494 e. The van der Waals surface area contributed by atoms with Crippen molar-refractivity contribution >= 4 is 11.3 Å². The van der Waals surface area contributed by atoms with Crippen molar-refractivity contribution in [1.29, 1.82) is 0 Å². The normalized spacial score (nSPS) is 12.4. The minimum atomic E-state index is -0.320. The molecule has 2 aromatic rings. The van der Waals surface area contributed by atoms with Crippen LogP contribution in [0.1, 0.15) is 23.4 Å². The Bertz CT molecular complexity index is 516. The SMILES string of the molecule is CCNC(Cc1ccc(OC)c(F)c1)c1cncs1. The van der Waals surface area contributed by atoms with Crippen LogP contribution in [0.15, 0.2) is 29.9 Å². The highest BCUT2D eigenvalue weighted by Crippen LogP contribution is 2.24.